The molecule has 0 aliphatic carbocycles. The van der Waals surface area contributed by atoms with Gasteiger partial charge in [0.05, 0.1) is 6.04 Å². The maximum Gasteiger partial charge on any atom is 0.127 e. The number of ether oxygens (including phenoxy) is 1. The summed E-state index contributed by atoms with van der Waals surface area (Å²) in [4.78, 5) is 2.20. The summed E-state index contributed by atoms with van der Waals surface area (Å²) >= 11 is 0. The van der Waals surface area contributed by atoms with Gasteiger partial charge in [-0.3, -0.25) is 4.90 Å². The zero-order chi connectivity index (χ0) is 14.8. The summed E-state index contributed by atoms with van der Waals surface area (Å²) in [6, 6.07) is 16.4. The number of nitrogens with zero attached hydrogens (tertiary/aromatic N) is 1. The number of rotatable bonds is 3. The molecule has 0 radical (unpaired) electrons. The van der Waals surface area contributed by atoms with Crippen LogP contribution in [0.3, 0.4) is 0 Å². The second kappa shape index (κ2) is 5.88. The Labute approximate surface area is 125 Å². The van der Waals surface area contributed by atoms with Crippen LogP contribution in [0.2, 0.25) is 0 Å². The molecule has 2 unspecified atom stereocenters. The second-order valence-corrected chi connectivity index (χ2v) is 5.72. The normalized spacial score (nSPS) is 21.0. The van der Waals surface area contributed by atoms with E-state index >= 15 is 0 Å². The van der Waals surface area contributed by atoms with Crippen LogP contribution in [0.4, 0.5) is 0 Å². The average Bonchev–Trinajstić information content (AvgIpc) is 2.48. The minimum Gasteiger partial charge on any atom is -0.490 e. The molecule has 1 aliphatic heterocycles. The molecule has 21 heavy (non-hydrogen) atoms. The van der Waals surface area contributed by atoms with Gasteiger partial charge in [0, 0.05) is 12.1 Å². The first-order chi connectivity index (χ1) is 10.2. The molecule has 1 heterocycles. The quantitative estimate of drug-likeness (QED) is 0.940. The highest BCUT2D eigenvalue weighted by Crippen LogP contribution is 2.38. The molecule has 2 atom stereocenters. The summed E-state index contributed by atoms with van der Waals surface area (Å²) in [6.07, 6.45) is -0.506. The molecule has 3 nitrogen and oxygen atoms in total. The molecule has 0 fully saturated rings. The molecule has 0 amide bonds. The Morgan fingerprint density at radius 1 is 1.14 bits per heavy atom. The lowest BCUT2D eigenvalue weighted by Gasteiger charge is -2.37. The number of hydrogen-bond acceptors (Lipinski definition) is 3. The Morgan fingerprint density at radius 3 is 2.67 bits per heavy atom. The summed E-state index contributed by atoms with van der Waals surface area (Å²) in [5.74, 6) is 0.924. The van der Waals surface area contributed by atoms with Gasteiger partial charge in [-0.25, -0.2) is 0 Å². The molecule has 0 bridgehead atoms. The standard InChI is InChI=1S/C18H21NO2/c1-13-7-6-10-15-17(16(20)12-21-18(13)15)19(2)11-14-8-4-3-5-9-14/h3-10,16-17,20H,11-12H2,1-2H3. The summed E-state index contributed by atoms with van der Waals surface area (Å²) in [6.45, 7) is 3.20. The Balaban J connectivity index is 1.89. The highest BCUT2D eigenvalue weighted by atomic mass is 16.5. The van der Waals surface area contributed by atoms with Gasteiger partial charge in [-0.15, -0.1) is 0 Å². The number of aliphatic hydroxyl groups is 1. The van der Waals surface area contributed by atoms with Gasteiger partial charge in [0.1, 0.15) is 18.5 Å². The maximum absolute atomic E-state index is 10.4. The summed E-state index contributed by atoms with van der Waals surface area (Å²) in [7, 11) is 2.05. The van der Waals surface area contributed by atoms with Crippen molar-refractivity contribution in [1.29, 1.82) is 0 Å². The molecule has 0 saturated heterocycles. The first-order valence-electron chi connectivity index (χ1n) is 7.31. The van der Waals surface area contributed by atoms with Crippen molar-refractivity contribution < 1.29 is 9.84 Å². The molecule has 0 spiro atoms. The van der Waals surface area contributed by atoms with Gasteiger partial charge in [-0.2, -0.15) is 0 Å². The van der Waals surface area contributed by atoms with E-state index in [2.05, 4.69) is 30.1 Å². The van der Waals surface area contributed by atoms with Crippen LogP contribution in [0.15, 0.2) is 48.5 Å². The van der Waals surface area contributed by atoms with Gasteiger partial charge in [-0.05, 0) is 25.1 Å². The van der Waals surface area contributed by atoms with E-state index in [9.17, 15) is 5.11 Å². The lowest BCUT2D eigenvalue weighted by molar-refractivity contribution is 0.00661. The third kappa shape index (κ3) is 2.80. The highest BCUT2D eigenvalue weighted by molar-refractivity contribution is 5.44. The van der Waals surface area contributed by atoms with Gasteiger partial charge >= 0.3 is 0 Å². The van der Waals surface area contributed by atoms with E-state index in [0.717, 1.165) is 23.4 Å². The summed E-state index contributed by atoms with van der Waals surface area (Å²) in [5.41, 5.74) is 3.44. The Bertz CT molecular complexity index is 612. The van der Waals surface area contributed by atoms with Crippen molar-refractivity contribution in [2.45, 2.75) is 25.6 Å². The monoisotopic (exact) mass is 283 g/mol. The summed E-state index contributed by atoms with van der Waals surface area (Å²) in [5, 5.41) is 10.4. The van der Waals surface area contributed by atoms with E-state index in [0.29, 0.717) is 6.61 Å². The molecule has 3 rings (SSSR count). The molecule has 2 aromatic rings. The van der Waals surface area contributed by atoms with Crippen LogP contribution < -0.4 is 4.74 Å². The van der Waals surface area contributed by atoms with Crippen molar-refractivity contribution >= 4 is 0 Å². The van der Waals surface area contributed by atoms with E-state index in [1.54, 1.807) is 0 Å². The lowest BCUT2D eigenvalue weighted by Crippen LogP contribution is -2.40. The lowest BCUT2D eigenvalue weighted by atomic mass is 9.94. The van der Waals surface area contributed by atoms with E-state index in [-0.39, 0.29) is 6.04 Å². The minimum absolute atomic E-state index is 0.0335. The molecule has 110 valence electrons. The maximum atomic E-state index is 10.4. The van der Waals surface area contributed by atoms with Crippen molar-refractivity contribution in [2.24, 2.45) is 0 Å². The Hall–Kier alpha value is -1.84. The van der Waals surface area contributed by atoms with Crippen molar-refractivity contribution in [1.82, 2.24) is 4.90 Å². The fraction of sp³-hybridized carbons (Fsp3) is 0.333. The highest BCUT2D eigenvalue weighted by Gasteiger charge is 2.33. The van der Waals surface area contributed by atoms with Gasteiger partial charge in [-0.1, -0.05) is 48.5 Å². The van der Waals surface area contributed by atoms with Crippen molar-refractivity contribution in [3.8, 4) is 5.75 Å². The Kier molecular flexibility index (Phi) is 3.95. The van der Waals surface area contributed by atoms with E-state index < -0.39 is 6.10 Å². The van der Waals surface area contributed by atoms with Crippen LogP contribution in [0.25, 0.3) is 0 Å². The number of hydrogen-bond donors (Lipinski definition) is 1. The second-order valence-electron chi connectivity index (χ2n) is 5.72. The third-order valence-electron chi connectivity index (χ3n) is 4.07. The van der Waals surface area contributed by atoms with Crippen LogP contribution in [0.1, 0.15) is 22.7 Å². The van der Waals surface area contributed by atoms with Crippen molar-refractivity contribution in [2.75, 3.05) is 13.7 Å². The van der Waals surface area contributed by atoms with Gasteiger partial charge < -0.3 is 9.84 Å². The van der Waals surface area contributed by atoms with Crippen LogP contribution in [0, 0.1) is 6.92 Å². The molecule has 3 heteroatoms. The van der Waals surface area contributed by atoms with Crippen LogP contribution in [0.5, 0.6) is 5.75 Å². The molecule has 2 aromatic carbocycles. The fourth-order valence-corrected chi connectivity index (χ4v) is 3.07. The molecular weight excluding hydrogens is 262 g/mol. The van der Waals surface area contributed by atoms with Crippen molar-refractivity contribution in [3.05, 3.63) is 65.2 Å². The van der Waals surface area contributed by atoms with Gasteiger partial charge in [0.2, 0.25) is 0 Å². The van der Waals surface area contributed by atoms with Gasteiger partial charge in [0.15, 0.2) is 0 Å². The zero-order valence-electron chi connectivity index (χ0n) is 12.5. The predicted molar refractivity (Wildman–Crippen MR) is 83.3 cm³/mol. The number of likely N-dealkylation sites (N-methyl/N-ethyl adjacent to an activating group) is 1. The smallest absolute Gasteiger partial charge is 0.127 e. The topological polar surface area (TPSA) is 32.7 Å². The largest absolute Gasteiger partial charge is 0.490 e. The number of benzene rings is 2. The fourth-order valence-electron chi connectivity index (χ4n) is 3.07. The number of aryl methyl sites for hydroxylation is 1. The first kappa shape index (κ1) is 14.1. The van der Waals surface area contributed by atoms with E-state index in [1.165, 1.54) is 5.56 Å². The van der Waals surface area contributed by atoms with Crippen LogP contribution >= 0.6 is 0 Å². The predicted octanol–water partition coefficient (Wildman–Crippen LogP) is 2.92. The van der Waals surface area contributed by atoms with Crippen LogP contribution in [-0.2, 0) is 6.54 Å². The third-order valence-corrected chi connectivity index (χ3v) is 4.07. The zero-order valence-corrected chi connectivity index (χ0v) is 12.5. The molecular formula is C18H21NO2. The molecule has 0 saturated carbocycles. The molecule has 0 aromatic heterocycles. The molecule has 1 aliphatic rings. The summed E-state index contributed by atoms with van der Waals surface area (Å²) < 4.78 is 5.72. The SMILES string of the molecule is Cc1cccc2c1OCC(O)C2N(C)Cc1ccccc1. The molecule has 1 N–H and O–H groups in total. The first-order valence-corrected chi connectivity index (χ1v) is 7.31. The van der Waals surface area contributed by atoms with Gasteiger partial charge in [0.25, 0.3) is 0 Å². The number of fused-ring (bicyclic) bond motifs is 1. The minimum atomic E-state index is -0.506. The number of para-hydroxylation sites is 1. The average molecular weight is 283 g/mol. The number of aliphatic hydroxyl groups excluding tert-OH is 1. The van der Waals surface area contributed by atoms with E-state index in [4.69, 9.17) is 4.74 Å². The van der Waals surface area contributed by atoms with E-state index in [1.807, 2.05) is 37.3 Å². The Morgan fingerprint density at radius 2 is 1.90 bits per heavy atom. The van der Waals surface area contributed by atoms with Crippen LogP contribution in [-0.4, -0.2) is 29.8 Å². The van der Waals surface area contributed by atoms with Crippen molar-refractivity contribution in [3.63, 3.8) is 0 Å².